The van der Waals surface area contributed by atoms with Crippen molar-refractivity contribution in [2.24, 2.45) is 11.8 Å². The van der Waals surface area contributed by atoms with Gasteiger partial charge in [-0.05, 0) is 37.5 Å². The Morgan fingerprint density at radius 3 is 2.59 bits per heavy atom. The first-order valence-corrected chi connectivity index (χ1v) is 7.03. The van der Waals surface area contributed by atoms with Gasteiger partial charge in [0.25, 0.3) is 0 Å². The zero-order chi connectivity index (χ0) is 12.8. The van der Waals surface area contributed by atoms with E-state index in [-0.39, 0.29) is 6.04 Å². The van der Waals surface area contributed by atoms with Crippen LogP contribution in [0.1, 0.15) is 59.3 Å². The Kier molecular flexibility index (Phi) is 5.96. The fourth-order valence-electron chi connectivity index (χ4n) is 2.67. The van der Waals surface area contributed by atoms with Crippen molar-refractivity contribution >= 4 is 5.97 Å². The van der Waals surface area contributed by atoms with E-state index in [4.69, 9.17) is 0 Å². The molecule has 0 spiro atoms. The summed E-state index contributed by atoms with van der Waals surface area (Å²) in [5, 5.41) is 12.5. The summed E-state index contributed by atoms with van der Waals surface area (Å²) >= 11 is 0. The smallest absolute Gasteiger partial charge is 0.320 e. The average molecular weight is 241 g/mol. The molecule has 0 aromatic heterocycles. The van der Waals surface area contributed by atoms with Gasteiger partial charge in [-0.2, -0.15) is 0 Å². The summed E-state index contributed by atoms with van der Waals surface area (Å²) in [5.41, 5.74) is 0. The van der Waals surface area contributed by atoms with Crippen LogP contribution < -0.4 is 5.32 Å². The largest absolute Gasteiger partial charge is 0.480 e. The monoisotopic (exact) mass is 241 g/mol. The van der Waals surface area contributed by atoms with Crippen molar-refractivity contribution in [1.29, 1.82) is 0 Å². The Balaban J connectivity index is 2.41. The molecule has 17 heavy (non-hydrogen) atoms. The fourth-order valence-corrected chi connectivity index (χ4v) is 2.67. The van der Waals surface area contributed by atoms with Crippen molar-refractivity contribution in [3.8, 4) is 0 Å². The molecule has 1 aliphatic rings. The molecule has 0 heterocycles. The first-order chi connectivity index (χ1) is 8.04. The number of carboxylic acids is 1. The summed E-state index contributed by atoms with van der Waals surface area (Å²) in [7, 11) is 0. The number of carbonyl (C=O) groups is 1. The molecule has 1 fully saturated rings. The second-order valence-corrected chi connectivity index (χ2v) is 5.66. The highest BCUT2D eigenvalue weighted by Crippen LogP contribution is 2.29. The van der Waals surface area contributed by atoms with E-state index >= 15 is 0 Å². The van der Waals surface area contributed by atoms with E-state index in [2.05, 4.69) is 26.1 Å². The number of aliphatic carboxylic acids is 1. The van der Waals surface area contributed by atoms with Crippen LogP contribution in [0.3, 0.4) is 0 Å². The molecule has 0 aromatic carbocycles. The van der Waals surface area contributed by atoms with Crippen LogP contribution in [-0.4, -0.2) is 23.2 Å². The van der Waals surface area contributed by atoms with Crippen molar-refractivity contribution in [2.45, 2.75) is 71.4 Å². The summed E-state index contributed by atoms with van der Waals surface area (Å²) in [6.07, 6.45) is 6.27. The van der Waals surface area contributed by atoms with Crippen LogP contribution in [0, 0.1) is 11.8 Å². The van der Waals surface area contributed by atoms with Crippen molar-refractivity contribution in [3.63, 3.8) is 0 Å². The second-order valence-electron chi connectivity index (χ2n) is 5.66. The fraction of sp³-hybridized carbons (Fsp3) is 0.929. The van der Waals surface area contributed by atoms with E-state index in [1.807, 2.05) is 0 Å². The molecular weight excluding hydrogens is 214 g/mol. The third-order valence-corrected chi connectivity index (χ3v) is 4.18. The number of hydrogen-bond acceptors (Lipinski definition) is 2. The van der Waals surface area contributed by atoms with Crippen LogP contribution in [0.15, 0.2) is 0 Å². The van der Waals surface area contributed by atoms with Gasteiger partial charge in [0.15, 0.2) is 0 Å². The van der Waals surface area contributed by atoms with Crippen LogP contribution in [0.5, 0.6) is 0 Å². The molecule has 0 aliphatic heterocycles. The van der Waals surface area contributed by atoms with Gasteiger partial charge in [-0.25, -0.2) is 0 Å². The molecular formula is C14H27NO2. The van der Waals surface area contributed by atoms with Crippen LogP contribution >= 0.6 is 0 Å². The summed E-state index contributed by atoms with van der Waals surface area (Å²) in [5.74, 6) is 0.804. The van der Waals surface area contributed by atoms with E-state index in [1.165, 1.54) is 6.42 Å². The SMILES string of the molecule is CCCC[C@H](NC1CCC(C)C(C)C1)C(=O)O. The van der Waals surface area contributed by atoms with Gasteiger partial charge in [-0.1, -0.05) is 33.6 Å². The maximum absolute atomic E-state index is 11.2. The first kappa shape index (κ1) is 14.5. The van der Waals surface area contributed by atoms with Crippen molar-refractivity contribution in [1.82, 2.24) is 5.32 Å². The van der Waals surface area contributed by atoms with Crippen LogP contribution in [0.2, 0.25) is 0 Å². The van der Waals surface area contributed by atoms with Crippen molar-refractivity contribution in [3.05, 3.63) is 0 Å². The highest BCUT2D eigenvalue weighted by Gasteiger charge is 2.27. The van der Waals surface area contributed by atoms with Gasteiger partial charge in [0.2, 0.25) is 0 Å². The van der Waals surface area contributed by atoms with E-state index in [0.717, 1.165) is 38.0 Å². The van der Waals surface area contributed by atoms with Crippen LogP contribution in [0.4, 0.5) is 0 Å². The summed E-state index contributed by atoms with van der Waals surface area (Å²) in [6, 6.07) is 0.0553. The van der Waals surface area contributed by atoms with Crippen molar-refractivity contribution < 1.29 is 9.90 Å². The highest BCUT2D eigenvalue weighted by molar-refractivity contribution is 5.73. The summed E-state index contributed by atoms with van der Waals surface area (Å²) in [6.45, 7) is 6.68. The van der Waals surface area contributed by atoms with Gasteiger partial charge in [-0.3, -0.25) is 4.79 Å². The minimum atomic E-state index is -0.690. The number of hydrogen-bond donors (Lipinski definition) is 2. The zero-order valence-electron chi connectivity index (χ0n) is 11.4. The molecule has 0 saturated heterocycles. The van der Waals surface area contributed by atoms with E-state index in [9.17, 15) is 9.90 Å². The summed E-state index contributed by atoms with van der Waals surface area (Å²) in [4.78, 5) is 11.2. The molecule has 100 valence electrons. The van der Waals surface area contributed by atoms with E-state index in [1.54, 1.807) is 0 Å². The third-order valence-electron chi connectivity index (χ3n) is 4.18. The van der Waals surface area contributed by atoms with Crippen LogP contribution in [-0.2, 0) is 4.79 Å². The molecule has 3 heteroatoms. The lowest BCUT2D eigenvalue weighted by molar-refractivity contribution is -0.140. The van der Waals surface area contributed by atoms with E-state index in [0.29, 0.717) is 12.0 Å². The molecule has 3 unspecified atom stereocenters. The molecule has 0 bridgehead atoms. The Labute approximate surface area is 105 Å². The third kappa shape index (κ3) is 4.66. The lowest BCUT2D eigenvalue weighted by Crippen LogP contribution is -2.46. The standard InChI is InChI=1S/C14H27NO2/c1-4-5-6-13(14(16)17)15-12-8-7-10(2)11(3)9-12/h10-13,15H,4-9H2,1-3H3,(H,16,17)/t10?,11?,12?,13-/m0/s1. The molecule has 1 saturated carbocycles. The molecule has 1 aliphatic carbocycles. The summed E-state index contributed by atoms with van der Waals surface area (Å²) < 4.78 is 0. The maximum Gasteiger partial charge on any atom is 0.320 e. The minimum Gasteiger partial charge on any atom is -0.480 e. The Bertz CT molecular complexity index is 242. The molecule has 1 rings (SSSR count). The lowest BCUT2D eigenvalue weighted by atomic mass is 9.79. The number of unbranched alkanes of at least 4 members (excludes halogenated alkanes) is 1. The maximum atomic E-state index is 11.2. The minimum absolute atomic E-state index is 0.347. The lowest BCUT2D eigenvalue weighted by Gasteiger charge is -2.34. The zero-order valence-corrected chi connectivity index (χ0v) is 11.4. The van der Waals surface area contributed by atoms with Gasteiger partial charge < -0.3 is 10.4 Å². The van der Waals surface area contributed by atoms with E-state index < -0.39 is 5.97 Å². The van der Waals surface area contributed by atoms with Crippen molar-refractivity contribution in [2.75, 3.05) is 0 Å². The second kappa shape index (κ2) is 7.00. The molecule has 0 amide bonds. The number of carboxylic acid groups (broad SMARTS) is 1. The van der Waals surface area contributed by atoms with Gasteiger partial charge in [-0.15, -0.1) is 0 Å². The Hall–Kier alpha value is -0.570. The predicted molar refractivity (Wildman–Crippen MR) is 70.1 cm³/mol. The van der Waals surface area contributed by atoms with Gasteiger partial charge in [0, 0.05) is 6.04 Å². The predicted octanol–water partition coefficient (Wildman–Crippen LogP) is 3.04. The first-order valence-electron chi connectivity index (χ1n) is 7.03. The Morgan fingerprint density at radius 2 is 2.06 bits per heavy atom. The van der Waals surface area contributed by atoms with Gasteiger partial charge >= 0.3 is 5.97 Å². The molecule has 0 aromatic rings. The molecule has 4 atom stereocenters. The van der Waals surface area contributed by atoms with Gasteiger partial charge in [0.05, 0.1) is 0 Å². The highest BCUT2D eigenvalue weighted by atomic mass is 16.4. The average Bonchev–Trinajstić information content (AvgIpc) is 2.28. The molecule has 3 nitrogen and oxygen atoms in total. The van der Waals surface area contributed by atoms with Crippen LogP contribution in [0.25, 0.3) is 0 Å². The number of rotatable bonds is 6. The quantitative estimate of drug-likeness (QED) is 0.751. The van der Waals surface area contributed by atoms with Gasteiger partial charge in [0.1, 0.15) is 6.04 Å². The number of nitrogens with one attached hydrogen (secondary N) is 1. The molecule has 2 N–H and O–H groups in total. The normalized spacial score (nSPS) is 31.1. The Morgan fingerprint density at radius 1 is 1.35 bits per heavy atom. The molecule has 0 radical (unpaired) electrons. The topological polar surface area (TPSA) is 49.3 Å².